The van der Waals surface area contributed by atoms with E-state index >= 15 is 0 Å². The lowest BCUT2D eigenvalue weighted by Gasteiger charge is -2.29. The summed E-state index contributed by atoms with van der Waals surface area (Å²) in [5.74, 6) is -0.727. The van der Waals surface area contributed by atoms with Crippen LogP contribution in [0.25, 0.3) is 0 Å². The van der Waals surface area contributed by atoms with Crippen molar-refractivity contribution in [3.8, 4) is 0 Å². The molecule has 3 aromatic carbocycles. The highest BCUT2D eigenvalue weighted by molar-refractivity contribution is 9.10. The van der Waals surface area contributed by atoms with E-state index in [9.17, 15) is 13.2 Å². The fraction of sp³-hybridized carbons (Fsp3) is 0.208. The molecule has 0 radical (unpaired) electrons. The molecule has 3 rings (SSSR count). The Morgan fingerprint density at radius 1 is 0.900 bits per heavy atom. The minimum absolute atomic E-state index is 0.173. The number of sulfone groups is 1. The topological polar surface area (TPSA) is 63.2 Å². The maximum Gasteiger partial charge on any atom is 0.235 e. The summed E-state index contributed by atoms with van der Waals surface area (Å²) in [5, 5.41) is 2.90. The maximum absolute atomic E-state index is 13.4. The van der Waals surface area contributed by atoms with Gasteiger partial charge in [-0.05, 0) is 66.5 Å². The van der Waals surface area contributed by atoms with Crippen molar-refractivity contribution in [3.63, 3.8) is 0 Å². The van der Waals surface area contributed by atoms with Gasteiger partial charge in [-0.25, -0.2) is 8.42 Å². The normalized spacial score (nSPS) is 13.5. The third-order valence-electron chi connectivity index (χ3n) is 5.15. The van der Waals surface area contributed by atoms with Crippen molar-refractivity contribution in [1.29, 1.82) is 0 Å². The van der Waals surface area contributed by atoms with Gasteiger partial charge >= 0.3 is 0 Å². The highest BCUT2D eigenvalue weighted by atomic mass is 79.9. The Balaban J connectivity index is 2.03. The molecular formula is C24H24BrNO3S. The smallest absolute Gasteiger partial charge is 0.235 e. The molecule has 6 heteroatoms. The van der Waals surface area contributed by atoms with Gasteiger partial charge in [-0.3, -0.25) is 4.79 Å². The number of aryl methyl sites for hydroxylation is 2. The second-order valence-corrected chi connectivity index (χ2v) is 10.5. The molecule has 1 unspecified atom stereocenters. The molecular weight excluding hydrogens is 462 g/mol. The Morgan fingerprint density at radius 2 is 1.43 bits per heavy atom. The SMILES string of the molecule is Cc1ccc(NC(=O)C(C)(CS(=O)(=O)c2ccccc2Br)c2ccc(C)cc2)cc1. The molecule has 3 aromatic rings. The molecule has 30 heavy (non-hydrogen) atoms. The van der Waals surface area contributed by atoms with Crippen LogP contribution in [-0.4, -0.2) is 20.1 Å². The summed E-state index contributed by atoms with van der Waals surface area (Å²) in [6, 6.07) is 21.5. The number of halogens is 1. The van der Waals surface area contributed by atoms with E-state index in [-0.39, 0.29) is 16.6 Å². The first kappa shape index (κ1) is 22.2. The van der Waals surface area contributed by atoms with E-state index in [1.54, 1.807) is 31.2 Å². The monoisotopic (exact) mass is 485 g/mol. The van der Waals surface area contributed by atoms with Crippen molar-refractivity contribution in [2.24, 2.45) is 0 Å². The minimum atomic E-state index is -3.76. The summed E-state index contributed by atoms with van der Waals surface area (Å²) in [4.78, 5) is 13.6. The highest BCUT2D eigenvalue weighted by Crippen LogP contribution is 2.32. The molecule has 1 atom stereocenters. The second kappa shape index (κ2) is 8.74. The maximum atomic E-state index is 13.4. The van der Waals surface area contributed by atoms with Crippen LogP contribution in [0.4, 0.5) is 5.69 Å². The van der Waals surface area contributed by atoms with E-state index in [1.807, 2.05) is 62.4 Å². The van der Waals surface area contributed by atoms with Gasteiger partial charge in [0.1, 0.15) is 0 Å². The van der Waals surface area contributed by atoms with Crippen LogP contribution < -0.4 is 5.32 Å². The predicted octanol–water partition coefficient (Wildman–Crippen LogP) is 5.44. The van der Waals surface area contributed by atoms with Gasteiger partial charge in [0, 0.05) is 10.2 Å². The second-order valence-electron chi connectivity index (χ2n) is 7.71. The first-order chi connectivity index (χ1) is 14.1. The van der Waals surface area contributed by atoms with Crippen molar-refractivity contribution >= 4 is 37.4 Å². The van der Waals surface area contributed by atoms with Gasteiger partial charge in [-0.1, -0.05) is 59.7 Å². The molecule has 0 bridgehead atoms. The Hall–Kier alpha value is -2.44. The van der Waals surface area contributed by atoms with Gasteiger partial charge in [0.2, 0.25) is 5.91 Å². The Morgan fingerprint density at radius 3 is 2.00 bits per heavy atom. The number of amides is 1. The van der Waals surface area contributed by atoms with Crippen molar-refractivity contribution in [2.45, 2.75) is 31.1 Å². The predicted molar refractivity (Wildman–Crippen MR) is 125 cm³/mol. The minimum Gasteiger partial charge on any atom is -0.325 e. The van der Waals surface area contributed by atoms with E-state index in [0.29, 0.717) is 15.7 Å². The van der Waals surface area contributed by atoms with E-state index in [0.717, 1.165) is 11.1 Å². The molecule has 4 nitrogen and oxygen atoms in total. The average molecular weight is 486 g/mol. The number of carbonyl (C=O) groups is 1. The zero-order valence-corrected chi connectivity index (χ0v) is 19.5. The van der Waals surface area contributed by atoms with Crippen LogP contribution in [0.5, 0.6) is 0 Å². The van der Waals surface area contributed by atoms with Gasteiger partial charge in [-0.15, -0.1) is 0 Å². The van der Waals surface area contributed by atoms with Crippen LogP contribution in [0.2, 0.25) is 0 Å². The largest absolute Gasteiger partial charge is 0.325 e. The quantitative estimate of drug-likeness (QED) is 0.505. The van der Waals surface area contributed by atoms with Crippen LogP contribution in [0, 0.1) is 13.8 Å². The molecule has 0 fully saturated rings. The standard InChI is InChI=1S/C24H24BrNO3S/c1-17-8-12-19(13-9-17)24(3,23(27)26-20-14-10-18(2)11-15-20)16-30(28,29)22-7-5-4-6-21(22)25/h4-15H,16H2,1-3H3,(H,26,27). The van der Waals surface area contributed by atoms with Crippen LogP contribution in [0.1, 0.15) is 23.6 Å². The fourth-order valence-electron chi connectivity index (χ4n) is 3.26. The van der Waals surface area contributed by atoms with Crippen LogP contribution in [-0.2, 0) is 20.0 Å². The molecule has 1 N–H and O–H groups in total. The summed E-state index contributed by atoms with van der Waals surface area (Å²) in [7, 11) is -3.76. The fourth-order valence-corrected chi connectivity index (χ4v) is 6.15. The molecule has 0 saturated carbocycles. The molecule has 0 aliphatic rings. The lowest BCUT2D eigenvalue weighted by Crippen LogP contribution is -2.43. The van der Waals surface area contributed by atoms with Crippen molar-refractivity contribution in [3.05, 3.63) is 94.0 Å². The van der Waals surface area contributed by atoms with E-state index in [4.69, 9.17) is 0 Å². The summed E-state index contributed by atoms with van der Waals surface area (Å²) >= 11 is 3.32. The summed E-state index contributed by atoms with van der Waals surface area (Å²) in [5.41, 5.74) is 2.10. The number of anilines is 1. The van der Waals surface area contributed by atoms with Crippen molar-refractivity contribution in [1.82, 2.24) is 0 Å². The first-order valence-electron chi connectivity index (χ1n) is 9.54. The number of rotatable bonds is 6. The number of hydrogen-bond acceptors (Lipinski definition) is 3. The number of hydrogen-bond donors (Lipinski definition) is 1. The highest BCUT2D eigenvalue weighted by Gasteiger charge is 2.41. The molecule has 0 aromatic heterocycles. The van der Waals surface area contributed by atoms with E-state index in [1.165, 1.54) is 0 Å². The zero-order chi connectivity index (χ0) is 21.9. The Bertz CT molecular complexity index is 1160. The lowest BCUT2D eigenvalue weighted by atomic mass is 9.83. The average Bonchev–Trinajstić information content (AvgIpc) is 2.70. The Labute approximate surface area is 186 Å². The summed E-state index contributed by atoms with van der Waals surface area (Å²) in [6.07, 6.45) is 0. The van der Waals surface area contributed by atoms with Crippen molar-refractivity contribution < 1.29 is 13.2 Å². The molecule has 0 aliphatic heterocycles. The number of carbonyl (C=O) groups excluding carboxylic acids is 1. The Kier molecular flexibility index (Phi) is 6.48. The molecule has 0 saturated heterocycles. The molecule has 0 aliphatic carbocycles. The third kappa shape index (κ3) is 4.82. The summed E-state index contributed by atoms with van der Waals surface area (Å²) in [6.45, 7) is 5.59. The van der Waals surface area contributed by atoms with Crippen LogP contribution in [0.3, 0.4) is 0 Å². The van der Waals surface area contributed by atoms with E-state index in [2.05, 4.69) is 21.2 Å². The lowest BCUT2D eigenvalue weighted by molar-refractivity contribution is -0.120. The van der Waals surface area contributed by atoms with Gasteiger partial charge in [0.25, 0.3) is 0 Å². The zero-order valence-electron chi connectivity index (χ0n) is 17.1. The van der Waals surface area contributed by atoms with Crippen LogP contribution >= 0.6 is 15.9 Å². The van der Waals surface area contributed by atoms with Gasteiger partial charge in [-0.2, -0.15) is 0 Å². The van der Waals surface area contributed by atoms with Crippen molar-refractivity contribution in [2.75, 3.05) is 11.1 Å². The molecule has 156 valence electrons. The number of nitrogens with one attached hydrogen (secondary N) is 1. The number of benzene rings is 3. The first-order valence-corrected chi connectivity index (χ1v) is 12.0. The molecule has 0 spiro atoms. The van der Waals surface area contributed by atoms with E-state index < -0.39 is 15.3 Å². The van der Waals surface area contributed by atoms with Gasteiger partial charge in [0.15, 0.2) is 9.84 Å². The molecule has 0 heterocycles. The van der Waals surface area contributed by atoms with Gasteiger partial charge < -0.3 is 5.32 Å². The van der Waals surface area contributed by atoms with Gasteiger partial charge in [0.05, 0.1) is 16.1 Å². The van der Waals surface area contributed by atoms with Crippen LogP contribution in [0.15, 0.2) is 82.2 Å². The third-order valence-corrected chi connectivity index (χ3v) is 8.09. The summed E-state index contributed by atoms with van der Waals surface area (Å²) < 4.78 is 27.1. The molecule has 1 amide bonds.